The maximum absolute atomic E-state index is 12.5. The molecule has 0 atom stereocenters. The third-order valence-corrected chi connectivity index (χ3v) is 4.18. The molecule has 6 heteroatoms. The molecule has 0 aromatic heterocycles. The molecule has 0 saturated heterocycles. The number of Topliss-reactive ketones (excluding diaryl/α,β-unsaturated/α-hetero) is 1. The molecule has 2 N–H and O–H groups in total. The lowest BCUT2D eigenvalue weighted by Crippen LogP contribution is -2.31. The van der Waals surface area contributed by atoms with E-state index in [4.69, 9.17) is 4.74 Å². The highest BCUT2D eigenvalue weighted by Gasteiger charge is 2.29. The number of ketones is 1. The number of carbonyl (C=O) groups excluding carboxylic acids is 2. The van der Waals surface area contributed by atoms with Crippen molar-refractivity contribution in [1.82, 2.24) is 5.43 Å². The normalized spacial score (nSPS) is 11.4. The molecule has 0 bridgehead atoms. The van der Waals surface area contributed by atoms with E-state index < -0.39 is 11.3 Å². The molecule has 0 aliphatic heterocycles. The van der Waals surface area contributed by atoms with Crippen LogP contribution in [0.5, 0.6) is 11.5 Å². The van der Waals surface area contributed by atoms with E-state index in [-0.39, 0.29) is 18.0 Å². The van der Waals surface area contributed by atoms with Gasteiger partial charge < -0.3 is 9.84 Å². The average Bonchev–Trinajstić information content (AvgIpc) is 2.64. The van der Waals surface area contributed by atoms with E-state index in [1.54, 1.807) is 69.5 Å². The molecular formula is C21H24N2O4. The van der Waals surface area contributed by atoms with Crippen molar-refractivity contribution in [3.05, 3.63) is 59.7 Å². The first-order valence-electron chi connectivity index (χ1n) is 8.57. The number of nitrogens with zero attached hydrogens (tertiary/aromatic N) is 1. The van der Waals surface area contributed by atoms with Crippen LogP contribution >= 0.6 is 0 Å². The largest absolute Gasteiger partial charge is 0.508 e. The summed E-state index contributed by atoms with van der Waals surface area (Å²) in [6.07, 6.45) is 1.74. The number of aromatic hydroxyl groups is 1. The average molecular weight is 368 g/mol. The Balaban J connectivity index is 1.86. The van der Waals surface area contributed by atoms with Gasteiger partial charge in [0.25, 0.3) is 0 Å². The lowest BCUT2D eigenvalue weighted by Gasteiger charge is -2.22. The number of amides is 1. The van der Waals surface area contributed by atoms with Gasteiger partial charge in [0.1, 0.15) is 17.3 Å². The predicted octanol–water partition coefficient (Wildman–Crippen LogP) is 3.08. The van der Waals surface area contributed by atoms with Gasteiger partial charge in [-0.2, -0.15) is 5.10 Å². The lowest BCUT2D eigenvalue weighted by molar-refractivity contribution is -0.133. The molecule has 0 radical (unpaired) electrons. The number of phenolic OH excluding ortho intramolecular Hbond substituents is 1. The van der Waals surface area contributed by atoms with Gasteiger partial charge in [-0.1, -0.05) is 26.0 Å². The van der Waals surface area contributed by atoms with Gasteiger partial charge in [-0.25, -0.2) is 5.43 Å². The van der Waals surface area contributed by atoms with Crippen molar-refractivity contribution >= 4 is 17.9 Å². The van der Waals surface area contributed by atoms with Crippen molar-refractivity contribution in [1.29, 1.82) is 0 Å². The topological polar surface area (TPSA) is 88.0 Å². The zero-order chi connectivity index (χ0) is 19.9. The van der Waals surface area contributed by atoms with Gasteiger partial charge in [-0.3, -0.25) is 9.59 Å². The highest BCUT2D eigenvalue weighted by atomic mass is 16.5. The third kappa shape index (κ3) is 6.26. The van der Waals surface area contributed by atoms with Crippen LogP contribution in [-0.2, 0) is 16.0 Å². The number of phenols is 1. The fourth-order valence-corrected chi connectivity index (χ4v) is 2.52. The minimum atomic E-state index is -0.700. The molecule has 0 unspecified atom stereocenters. The van der Waals surface area contributed by atoms with Crippen LogP contribution < -0.4 is 10.2 Å². The highest BCUT2D eigenvalue weighted by molar-refractivity contribution is 6.00. The van der Waals surface area contributed by atoms with Gasteiger partial charge >= 0.3 is 0 Å². The molecule has 0 aliphatic rings. The highest BCUT2D eigenvalue weighted by Crippen LogP contribution is 2.25. The van der Waals surface area contributed by atoms with Crippen LogP contribution in [0.4, 0.5) is 0 Å². The molecule has 0 spiro atoms. The van der Waals surface area contributed by atoms with Crippen molar-refractivity contribution in [2.24, 2.45) is 10.5 Å². The summed E-state index contributed by atoms with van der Waals surface area (Å²) >= 11 is 0. The van der Waals surface area contributed by atoms with Crippen LogP contribution in [0.2, 0.25) is 0 Å². The van der Waals surface area contributed by atoms with E-state index in [0.717, 1.165) is 16.9 Å². The van der Waals surface area contributed by atoms with Gasteiger partial charge in [0.15, 0.2) is 0 Å². The van der Waals surface area contributed by atoms with E-state index in [0.29, 0.717) is 6.42 Å². The minimum Gasteiger partial charge on any atom is -0.508 e. The van der Waals surface area contributed by atoms with E-state index in [9.17, 15) is 14.7 Å². The maximum Gasteiger partial charge on any atom is 0.247 e. The van der Waals surface area contributed by atoms with Crippen LogP contribution in [0, 0.1) is 5.41 Å². The Morgan fingerprint density at radius 3 is 2.33 bits per heavy atom. The smallest absolute Gasteiger partial charge is 0.247 e. The first-order valence-corrected chi connectivity index (χ1v) is 8.57. The van der Waals surface area contributed by atoms with Crippen LogP contribution in [0.3, 0.4) is 0 Å². The van der Waals surface area contributed by atoms with Crippen LogP contribution in [-0.4, -0.2) is 30.1 Å². The molecule has 142 valence electrons. The van der Waals surface area contributed by atoms with Crippen LogP contribution in [0.25, 0.3) is 0 Å². The fraction of sp³-hybridized carbons (Fsp3) is 0.286. The summed E-state index contributed by atoms with van der Waals surface area (Å²) in [5.41, 5.74) is 3.40. The molecule has 0 saturated carbocycles. The maximum atomic E-state index is 12.5. The number of hydrogen-bond acceptors (Lipinski definition) is 5. The summed E-state index contributed by atoms with van der Waals surface area (Å²) in [6.45, 7) is 3.60. The first kappa shape index (κ1) is 20.2. The molecule has 0 aliphatic carbocycles. The number of hydrazone groups is 1. The van der Waals surface area contributed by atoms with Crippen LogP contribution in [0.1, 0.15) is 31.4 Å². The molecule has 27 heavy (non-hydrogen) atoms. The Morgan fingerprint density at radius 2 is 1.74 bits per heavy atom. The standard InChI is InChI=1S/C21H24N2O4/c1-21(2,13-15-4-8-17(24)9-5-15)19(25)12-20(26)23-22-14-16-6-10-18(27-3)11-7-16/h4-11,14,24H,12-13H2,1-3H3,(H,23,26)/b22-14+. The molecule has 2 aromatic rings. The molecule has 2 rings (SSSR count). The second kappa shape index (κ2) is 8.98. The van der Waals surface area contributed by atoms with Crippen molar-refractivity contribution in [3.8, 4) is 11.5 Å². The summed E-state index contributed by atoms with van der Waals surface area (Å²) in [5, 5.41) is 13.2. The van der Waals surface area contributed by atoms with Gasteiger partial charge in [0.2, 0.25) is 5.91 Å². The Labute approximate surface area is 158 Å². The fourth-order valence-electron chi connectivity index (χ4n) is 2.52. The van der Waals surface area contributed by atoms with Crippen LogP contribution in [0.15, 0.2) is 53.6 Å². The molecule has 6 nitrogen and oxygen atoms in total. The second-order valence-corrected chi connectivity index (χ2v) is 6.89. The molecule has 0 fully saturated rings. The van der Waals surface area contributed by atoms with E-state index >= 15 is 0 Å². The summed E-state index contributed by atoms with van der Waals surface area (Å²) in [5.74, 6) is 0.283. The van der Waals surface area contributed by atoms with Crippen molar-refractivity contribution in [2.75, 3.05) is 7.11 Å². The monoisotopic (exact) mass is 368 g/mol. The van der Waals surface area contributed by atoms with E-state index in [1.165, 1.54) is 6.21 Å². The van der Waals surface area contributed by atoms with E-state index in [2.05, 4.69) is 10.5 Å². The molecule has 1 amide bonds. The predicted molar refractivity (Wildman–Crippen MR) is 104 cm³/mol. The SMILES string of the molecule is COc1ccc(/C=N/NC(=O)CC(=O)C(C)(C)Cc2ccc(O)cc2)cc1. The van der Waals surface area contributed by atoms with E-state index in [1.807, 2.05) is 0 Å². The minimum absolute atomic E-state index is 0.173. The van der Waals surface area contributed by atoms with Gasteiger partial charge in [-0.05, 0) is 53.9 Å². The zero-order valence-corrected chi connectivity index (χ0v) is 15.7. The number of ether oxygens (including phenoxy) is 1. The Bertz CT molecular complexity index is 809. The van der Waals surface area contributed by atoms with Crippen molar-refractivity contribution in [2.45, 2.75) is 26.7 Å². The zero-order valence-electron chi connectivity index (χ0n) is 15.7. The Morgan fingerprint density at radius 1 is 1.11 bits per heavy atom. The summed E-state index contributed by atoms with van der Waals surface area (Å²) < 4.78 is 5.07. The summed E-state index contributed by atoms with van der Waals surface area (Å²) in [4.78, 5) is 24.5. The number of benzene rings is 2. The molecule has 2 aromatic carbocycles. The van der Waals surface area contributed by atoms with Gasteiger partial charge in [-0.15, -0.1) is 0 Å². The molecular weight excluding hydrogens is 344 g/mol. The lowest BCUT2D eigenvalue weighted by atomic mass is 9.80. The summed E-state index contributed by atoms with van der Waals surface area (Å²) in [6, 6.07) is 13.9. The van der Waals surface area contributed by atoms with Crippen molar-refractivity contribution in [3.63, 3.8) is 0 Å². The number of rotatable bonds is 8. The third-order valence-electron chi connectivity index (χ3n) is 4.18. The first-order chi connectivity index (χ1) is 12.8. The Kier molecular flexibility index (Phi) is 6.71. The quantitative estimate of drug-likeness (QED) is 0.426. The number of carbonyl (C=O) groups is 2. The molecule has 0 heterocycles. The second-order valence-electron chi connectivity index (χ2n) is 6.89. The number of methoxy groups -OCH3 is 1. The van der Waals surface area contributed by atoms with Gasteiger partial charge in [0, 0.05) is 5.41 Å². The number of nitrogens with one attached hydrogen (secondary N) is 1. The Hall–Kier alpha value is -3.15. The van der Waals surface area contributed by atoms with Crippen molar-refractivity contribution < 1.29 is 19.4 Å². The summed E-state index contributed by atoms with van der Waals surface area (Å²) in [7, 11) is 1.59. The van der Waals surface area contributed by atoms with Gasteiger partial charge in [0.05, 0.1) is 19.7 Å². The number of hydrogen-bond donors (Lipinski definition) is 2.